The number of hydrogen-bond donors (Lipinski definition) is 1. The van der Waals surface area contributed by atoms with E-state index in [1.165, 1.54) is 0 Å². The quantitative estimate of drug-likeness (QED) is 0.738. The normalized spacial score (nSPS) is 16.7. The molecule has 0 unspecified atom stereocenters. The Balaban J connectivity index is 2.37. The highest BCUT2D eigenvalue weighted by atomic mass is 16.2. The monoisotopic (exact) mass is 297 g/mol. The van der Waals surface area contributed by atoms with Crippen molar-refractivity contribution in [3.63, 3.8) is 0 Å². The van der Waals surface area contributed by atoms with Crippen molar-refractivity contribution in [2.45, 2.75) is 46.5 Å². The van der Waals surface area contributed by atoms with Gasteiger partial charge in [0.1, 0.15) is 0 Å². The SMILES string of the molecule is CCCN(CCC)C(=O)CN1CCC(C(=O)NCC)CC1. The van der Waals surface area contributed by atoms with Crippen LogP contribution in [0, 0.1) is 5.92 Å². The van der Waals surface area contributed by atoms with E-state index in [0.717, 1.165) is 51.9 Å². The molecule has 0 spiro atoms. The van der Waals surface area contributed by atoms with Crippen molar-refractivity contribution in [2.75, 3.05) is 39.3 Å². The number of carbonyl (C=O) groups is 2. The number of amides is 2. The molecule has 1 aliphatic heterocycles. The minimum Gasteiger partial charge on any atom is -0.356 e. The molecule has 1 heterocycles. The van der Waals surface area contributed by atoms with E-state index in [1.807, 2.05) is 11.8 Å². The molecule has 5 nitrogen and oxygen atoms in total. The Morgan fingerprint density at radius 2 is 1.67 bits per heavy atom. The predicted molar refractivity (Wildman–Crippen MR) is 85.0 cm³/mol. The zero-order valence-electron chi connectivity index (χ0n) is 13.9. The zero-order chi connectivity index (χ0) is 15.7. The lowest BCUT2D eigenvalue weighted by Gasteiger charge is -2.32. The molecule has 2 amide bonds. The van der Waals surface area contributed by atoms with Crippen LogP contribution in [-0.2, 0) is 9.59 Å². The van der Waals surface area contributed by atoms with Crippen molar-refractivity contribution < 1.29 is 9.59 Å². The van der Waals surface area contributed by atoms with E-state index in [0.29, 0.717) is 13.1 Å². The van der Waals surface area contributed by atoms with Gasteiger partial charge in [0.2, 0.25) is 11.8 Å². The number of nitrogens with zero attached hydrogens (tertiary/aromatic N) is 2. The van der Waals surface area contributed by atoms with Crippen LogP contribution >= 0.6 is 0 Å². The summed E-state index contributed by atoms with van der Waals surface area (Å²) in [4.78, 5) is 28.3. The van der Waals surface area contributed by atoms with E-state index >= 15 is 0 Å². The fourth-order valence-corrected chi connectivity index (χ4v) is 2.86. The van der Waals surface area contributed by atoms with Crippen molar-refractivity contribution in [3.8, 4) is 0 Å². The van der Waals surface area contributed by atoms with Gasteiger partial charge >= 0.3 is 0 Å². The largest absolute Gasteiger partial charge is 0.356 e. The summed E-state index contributed by atoms with van der Waals surface area (Å²) in [6, 6.07) is 0. The van der Waals surface area contributed by atoms with E-state index in [1.54, 1.807) is 0 Å². The smallest absolute Gasteiger partial charge is 0.236 e. The molecule has 0 atom stereocenters. The van der Waals surface area contributed by atoms with E-state index in [4.69, 9.17) is 0 Å². The molecule has 0 aromatic heterocycles. The van der Waals surface area contributed by atoms with Crippen LogP contribution in [0.15, 0.2) is 0 Å². The van der Waals surface area contributed by atoms with Crippen LogP contribution in [0.3, 0.4) is 0 Å². The van der Waals surface area contributed by atoms with Crippen LogP contribution in [0.4, 0.5) is 0 Å². The highest BCUT2D eigenvalue weighted by molar-refractivity contribution is 5.79. The van der Waals surface area contributed by atoms with Gasteiger partial charge in [-0.2, -0.15) is 0 Å². The maximum Gasteiger partial charge on any atom is 0.236 e. The first-order valence-electron chi connectivity index (χ1n) is 8.40. The van der Waals surface area contributed by atoms with Crippen LogP contribution in [0.1, 0.15) is 46.5 Å². The molecule has 0 radical (unpaired) electrons. The third-order valence-corrected chi connectivity index (χ3v) is 4.01. The Bertz CT molecular complexity index is 319. The Morgan fingerprint density at radius 1 is 1.10 bits per heavy atom. The highest BCUT2D eigenvalue weighted by Crippen LogP contribution is 2.17. The number of nitrogens with one attached hydrogen (secondary N) is 1. The van der Waals surface area contributed by atoms with Gasteiger partial charge in [-0.05, 0) is 45.7 Å². The fourth-order valence-electron chi connectivity index (χ4n) is 2.86. The predicted octanol–water partition coefficient (Wildman–Crippen LogP) is 1.48. The Labute approximate surface area is 129 Å². The van der Waals surface area contributed by atoms with Crippen molar-refractivity contribution >= 4 is 11.8 Å². The first-order valence-corrected chi connectivity index (χ1v) is 8.40. The number of rotatable bonds is 8. The van der Waals surface area contributed by atoms with Crippen molar-refractivity contribution in [1.82, 2.24) is 15.1 Å². The van der Waals surface area contributed by atoms with E-state index in [2.05, 4.69) is 24.1 Å². The second-order valence-electron chi connectivity index (χ2n) is 5.83. The number of hydrogen-bond acceptors (Lipinski definition) is 3. The van der Waals surface area contributed by atoms with E-state index in [-0.39, 0.29) is 17.7 Å². The lowest BCUT2D eigenvalue weighted by atomic mass is 9.96. The van der Waals surface area contributed by atoms with Crippen LogP contribution < -0.4 is 5.32 Å². The fraction of sp³-hybridized carbons (Fsp3) is 0.875. The molecular formula is C16H31N3O2. The lowest BCUT2D eigenvalue weighted by Crippen LogP contribution is -2.46. The Hall–Kier alpha value is -1.10. The molecule has 0 bridgehead atoms. The summed E-state index contributed by atoms with van der Waals surface area (Å²) in [5.41, 5.74) is 0. The van der Waals surface area contributed by atoms with Crippen molar-refractivity contribution in [3.05, 3.63) is 0 Å². The van der Waals surface area contributed by atoms with Crippen molar-refractivity contribution in [2.24, 2.45) is 5.92 Å². The van der Waals surface area contributed by atoms with Gasteiger partial charge in [-0.1, -0.05) is 13.8 Å². The molecule has 0 saturated carbocycles. The summed E-state index contributed by atoms with van der Waals surface area (Å²) in [6.07, 6.45) is 3.73. The molecule has 1 rings (SSSR count). The summed E-state index contributed by atoms with van der Waals surface area (Å²) in [5, 5.41) is 2.89. The van der Waals surface area contributed by atoms with Crippen LogP contribution in [0.2, 0.25) is 0 Å². The van der Waals surface area contributed by atoms with Crippen LogP contribution in [0.25, 0.3) is 0 Å². The van der Waals surface area contributed by atoms with Gasteiger partial charge in [0.15, 0.2) is 0 Å². The number of piperidine rings is 1. The van der Waals surface area contributed by atoms with Crippen LogP contribution in [-0.4, -0.2) is 60.9 Å². The number of likely N-dealkylation sites (tertiary alicyclic amines) is 1. The molecule has 21 heavy (non-hydrogen) atoms. The molecule has 0 aromatic rings. The van der Waals surface area contributed by atoms with Gasteiger partial charge < -0.3 is 10.2 Å². The molecule has 1 N–H and O–H groups in total. The van der Waals surface area contributed by atoms with Gasteiger partial charge in [0, 0.05) is 25.6 Å². The Kier molecular flexibility index (Phi) is 8.35. The molecule has 1 fully saturated rings. The summed E-state index contributed by atoms with van der Waals surface area (Å²) in [6.45, 7) is 10.7. The topological polar surface area (TPSA) is 52.7 Å². The highest BCUT2D eigenvalue weighted by Gasteiger charge is 2.26. The maximum absolute atomic E-state index is 12.3. The summed E-state index contributed by atoms with van der Waals surface area (Å²) >= 11 is 0. The first kappa shape index (κ1) is 18.0. The Morgan fingerprint density at radius 3 is 2.14 bits per heavy atom. The van der Waals surface area contributed by atoms with Gasteiger partial charge in [-0.25, -0.2) is 0 Å². The molecule has 0 aliphatic carbocycles. The zero-order valence-corrected chi connectivity index (χ0v) is 13.9. The van der Waals surface area contributed by atoms with E-state index in [9.17, 15) is 9.59 Å². The summed E-state index contributed by atoms with van der Waals surface area (Å²) < 4.78 is 0. The molecule has 1 saturated heterocycles. The summed E-state index contributed by atoms with van der Waals surface area (Å²) in [5.74, 6) is 0.524. The van der Waals surface area contributed by atoms with Gasteiger partial charge in [-0.3, -0.25) is 14.5 Å². The minimum absolute atomic E-state index is 0.124. The first-order chi connectivity index (χ1) is 10.1. The molecular weight excluding hydrogens is 266 g/mol. The molecule has 5 heteroatoms. The maximum atomic E-state index is 12.3. The van der Waals surface area contributed by atoms with Crippen molar-refractivity contribution in [1.29, 1.82) is 0 Å². The standard InChI is InChI=1S/C16H31N3O2/c1-4-9-19(10-5-2)15(20)13-18-11-7-14(8-12-18)16(21)17-6-3/h14H,4-13H2,1-3H3,(H,17,21). The summed E-state index contributed by atoms with van der Waals surface area (Å²) in [7, 11) is 0. The molecule has 122 valence electrons. The molecule has 1 aliphatic rings. The van der Waals surface area contributed by atoms with E-state index < -0.39 is 0 Å². The van der Waals surface area contributed by atoms with Crippen LogP contribution in [0.5, 0.6) is 0 Å². The molecule has 0 aromatic carbocycles. The lowest BCUT2D eigenvalue weighted by molar-refractivity contribution is -0.133. The van der Waals surface area contributed by atoms with Gasteiger partial charge in [0.25, 0.3) is 0 Å². The second kappa shape index (κ2) is 9.77. The average Bonchev–Trinajstić information content (AvgIpc) is 2.48. The third-order valence-electron chi connectivity index (χ3n) is 4.01. The third kappa shape index (κ3) is 6.04. The minimum atomic E-state index is 0.124. The van der Waals surface area contributed by atoms with Gasteiger partial charge in [0.05, 0.1) is 6.54 Å². The average molecular weight is 297 g/mol. The number of carbonyl (C=O) groups excluding carboxylic acids is 2. The van der Waals surface area contributed by atoms with Gasteiger partial charge in [-0.15, -0.1) is 0 Å². The second-order valence-corrected chi connectivity index (χ2v) is 5.83.